The first kappa shape index (κ1) is 24.0. The van der Waals surface area contributed by atoms with Crippen LogP contribution in [0.1, 0.15) is 51.6 Å². The highest BCUT2D eigenvalue weighted by Gasteiger charge is 2.47. The standard InChI is InChI=1S/C26H31BrN6O2/c1-25(2,34)35-21-12-17(33-9-7-18-22(28)30-14-31-24(18)33)13-26(21,3)8-6-15-4-5-16-11-19(27)23(29)32-20(16)10-15/h4-5,7,9-11,14,17,21,34H,6,8,12-13H2,1-3H3,(H2,29,32)(H2,28,30,31)/t17?,21-,26-/m0/s1. The Balaban J connectivity index is 1.41. The number of fused-ring (bicyclic) bond motifs is 2. The van der Waals surface area contributed by atoms with Crippen LogP contribution in [0, 0.1) is 5.41 Å². The van der Waals surface area contributed by atoms with E-state index in [1.165, 1.54) is 11.9 Å². The van der Waals surface area contributed by atoms with Crippen LogP contribution in [0.25, 0.3) is 21.9 Å². The first-order valence-corrected chi connectivity index (χ1v) is 12.6. The summed E-state index contributed by atoms with van der Waals surface area (Å²) < 4.78 is 9.20. The Bertz CT molecular complexity index is 1400. The van der Waals surface area contributed by atoms with Gasteiger partial charge in [-0.3, -0.25) is 0 Å². The maximum atomic E-state index is 10.5. The zero-order chi connectivity index (χ0) is 25.0. The van der Waals surface area contributed by atoms with Crippen molar-refractivity contribution in [2.75, 3.05) is 11.5 Å². The van der Waals surface area contributed by atoms with Gasteiger partial charge in [0.25, 0.3) is 0 Å². The minimum absolute atomic E-state index is 0.116. The van der Waals surface area contributed by atoms with Crippen molar-refractivity contribution in [3.63, 3.8) is 0 Å². The van der Waals surface area contributed by atoms with Crippen molar-refractivity contribution in [3.8, 4) is 0 Å². The number of nitrogens with zero attached hydrogens (tertiary/aromatic N) is 4. The Labute approximate surface area is 212 Å². The summed E-state index contributed by atoms with van der Waals surface area (Å²) in [6, 6.07) is 10.5. The molecule has 1 aliphatic carbocycles. The number of anilines is 2. The fourth-order valence-corrected chi connectivity index (χ4v) is 5.71. The highest BCUT2D eigenvalue weighted by Crippen LogP contribution is 2.50. The second-order valence-corrected chi connectivity index (χ2v) is 11.3. The summed E-state index contributed by atoms with van der Waals surface area (Å²) in [7, 11) is 0. The monoisotopic (exact) mass is 538 g/mol. The summed E-state index contributed by atoms with van der Waals surface area (Å²) in [6.07, 6.45) is 6.86. The van der Waals surface area contributed by atoms with Gasteiger partial charge < -0.3 is 25.9 Å². The van der Waals surface area contributed by atoms with Gasteiger partial charge in [0.1, 0.15) is 23.6 Å². The highest BCUT2D eigenvalue weighted by atomic mass is 79.9. The van der Waals surface area contributed by atoms with Crippen LogP contribution >= 0.6 is 15.9 Å². The second-order valence-electron chi connectivity index (χ2n) is 10.4. The summed E-state index contributed by atoms with van der Waals surface area (Å²) in [5.41, 5.74) is 14.8. The van der Waals surface area contributed by atoms with Crippen LogP contribution < -0.4 is 11.5 Å². The molecule has 1 fully saturated rings. The van der Waals surface area contributed by atoms with Gasteiger partial charge in [0, 0.05) is 17.6 Å². The number of nitrogens with two attached hydrogens (primary N) is 2. The van der Waals surface area contributed by atoms with E-state index in [1.807, 2.05) is 18.3 Å². The van der Waals surface area contributed by atoms with Crippen LogP contribution in [0.15, 0.2) is 47.3 Å². The topological polar surface area (TPSA) is 125 Å². The first-order chi connectivity index (χ1) is 16.5. The molecule has 5 rings (SSSR count). The number of nitrogen functional groups attached to an aromatic ring is 2. The first-order valence-electron chi connectivity index (χ1n) is 11.8. The number of aromatic nitrogens is 4. The number of aryl methyl sites for hydroxylation is 1. The SMILES string of the molecule is CC(C)(O)O[C@H]1CC(n2ccc3c(N)ncnc32)C[C@]1(C)CCc1ccc2cc(Br)c(N)nc2c1. The van der Waals surface area contributed by atoms with Crippen LogP contribution in [-0.2, 0) is 11.2 Å². The van der Waals surface area contributed by atoms with E-state index in [-0.39, 0.29) is 17.6 Å². The molecule has 0 spiro atoms. The van der Waals surface area contributed by atoms with Crippen molar-refractivity contribution in [3.05, 3.63) is 52.9 Å². The van der Waals surface area contributed by atoms with Gasteiger partial charge in [0.2, 0.25) is 0 Å². The lowest BCUT2D eigenvalue weighted by Gasteiger charge is -2.35. The molecular weight excluding hydrogens is 508 g/mol. The fraction of sp³-hybridized carbons (Fsp3) is 0.423. The largest absolute Gasteiger partial charge is 0.383 e. The van der Waals surface area contributed by atoms with Crippen molar-refractivity contribution in [2.24, 2.45) is 5.41 Å². The van der Waals surface area contributed by atoms with Crippen molar-refractivity contribution >= 4 is 49.5 Å². The zero-order valence-electron chi connectivity index (χ0n) is 20.2. The van der Waals surface area contributed by atoms with Crippen molar-refractivity contribution in [1.82, 2.24) is 19.5 Å². The minimum atomic E-state index is -1.22. The average Bonchev–Trinajstić information content (AvgIpc) is 3.35. The maximum absolute atomic E-state index is 10.5. The molecule has 0 radical (unpaired) electrons. The number of halogens is 1. The number of rotatable bonds is 6. The number of aliphatic hydroxyl groups is 1. The van der Waals surface area contributed by atoms with Gasteiger partial charge in [-0.1, -0.05) is 19.1 Å². The molecule has 0 aliphatic heterocycles. The molecule has 5 N–H and O–H groups in total. The van der Waals surface area contributed by atoms with E-state index in [0.717, 1.165) is 52.1 Å². The molecule has 8 nitrogen and oxygen atoms in total. The van der Waals surface area contributed by atoms with Gasteiger partial charge in [0.15, 0.2) is 5.79 Å². The smallest absolute Gasteiger partial charge is 0.160 e. The van der Waals surface area contributed by atoms with E-state index >= 15 is 0 Å². The van der Waals surface area contributed by atoms with E-state index in [4.69, 9.17) is 16.2 Å². The van der Waals surface area contributed by atoms with E-state index in [2.05, 4.69) is 60.6 Å². The van der Waals surface area contributed by atoms with Crippen molar-refractivity contribution in [2.45, 2.75) is 64.4 Å². The molecule has 0 amide bonds. The third-order valence-electron chi connectivity index (χ3n) is 7.18. The maximum Gasteiger partial charge on any atom is 0.160 e. The summed E-state index contributed by atoms with van der Waals surface area (Å²) in [4.78, 5) is 13.1. The number of hydrogen-bond acceptors (Lipinski definition) is 7. The van der Waals surface area contributed by atoms with E-state index in [0.29, 0.717) is 11.6 Å². The third kappa shape index (κ3) is 4.72. The predicted octanol–water partition coefficient (Wildman–Crippen LogP) is 4.99. The van der Waals surface area contributed by atoms with Crippen molar-refractivity contribution in [1.29, 1.82) is 0 Å². The number of hydrogen-bond donors (Lipinski definition) is 3. The summed E-state index contributed by atoms with van der Waals surface area (Å²) in [5.74, 6) is -0.247. The summed E-state index contributed by atoms with van der Waals surface area (Å²) in [5, 5.41) is 12.4. The Morgan fingerprint density at radius 1 is 1.20 bits per heavy atom. The van der Waals surface area contributed by atoms with Gasteiger partial charge in [-0.15, -0.1) is 0 Å². The molecule has 1 aromatic carbocycles. The molecule has 4 aromatic rings. The van der Waals surface area contributed by atoms with Crippen LogP contribution in [0.2, 0.25) is 0 Å². The highest BCUT2D eigenvalue weighted by molar-refractivity contribution is 9.10. The molecule has 1 aliphatic rings. The van der Waals surface area contributed by atoms with Gasteiger partial charge >= 0.3 is 0 Å². The van der Waals surface area contributed by atoms with Gasteiger partial charge in [-0.2, -0.15) is 0 Å². The molecule has 0 bridgehead atoms. The molecule has 3 heterocycles. The molecule has 184 valence electrons. The lowest BCUT2D eigenvalue weighted by atomic mass is 9.80. The molecule has 35 heavy (non-hydrogen) atoms. The van der Waals surface area contributed by atoms with E-state index in [1.54, 1.807) is 13.8 Å². The lowest BCUT2D eigenvalue weighted by Crippen LogP contribution is -2.37. The Morgan fingerprint density at radius 2 is 2.00 bits per heavy atom. The molecule has 9 heteroatoms. The minimum Gasteiger partial charge on any atom is -0.383 e. The van der Waals surface area contributed by atoms with Gasteiger partial charge in [0.05, 0.1) is 21.5 Å². The quantitative estimate of drug-likeness (QED) is 0.295. The summed E-state index contributed by atoms with van der Waals surface area (Å²) >= 11 is 3.45. The van der Waals surface area contributed by atoms with Crippen LogP contribution in [-0.4, -0.2) is 36.5 Å². The molecule has 1 saturated carbocycles. The Kier molecular flexibility index (Phi) is 5.97. The number of pyridine rings is 1. The van der Waals surface area contributed by atoms with E-state index in [9.17, 15) is 5.11 Å². The molecule has 0 saturated heterocycles. The van der Waals surface area contributed by atoms with Gasteiger partial charge in [-0.25, -0.2) is 15.0 Å². The Hall–Kier alpha value is -2.75. The van der Waals surface area contributed by atoms with E-state index < -0.39 is 5.79 Å². The van der Waals surface area contributed by atoms with Crippen LogP contribution in [0.3, 0.4) is 0 Å². The van der Waals surface area contributed by atoms with Gasteiger partial charge in [-0.05, 0) is 84.6 Å². The van der Waals surface area contributed by atoms with Crippen LogP contribution in [0.5, 0.6) is 0 Å². The molecular formula is C26H31BrN6O2. The Morgan fingerprint density at radius 3 is 2.77 bits per heavy atom. The lowest BCUT2D eigenvalue weighted by molar-refractivity contribution is -0.224. The normalized spacial score (nSPS) is 22.9. The predicted molar refractivity (Wildman–Crippen MR) is 142 cm³/mol. The third-order valence-corrected chi connectivity index (χ3v) is 7.81. The fourth-order valence-electron chi connectivity index (χ4n) is 5.37. The van der Waals surface area contributed by atoms with Crippen LogP contribution in [0.4, 0.5) is 11.6 Å². The molecule has 3 atom stereocenters. The molecule has 3 aromatic heterocycles. The second kappa shape index (κ2) is 8.72. The molecule has 1 unspecified atom stereocenters. The number of ether oxygens (including phenoxy) is 1. The average molecular weight is 539 g/mol. The summed E-state index contributed by atoms with van der Waals surface area (Å²) in [6.45, 7) is 5.64. The number of benzene rings is 1. The zero-order valence-corrected chi connectivity index (χ0v) is 21.8. The van der Waals surface area contributed by atoms with Crippen molar-refractivity contribution < 1.29 is 9.84 Å².